The van der Waals surface area contributed by atoms with E-state index in [4.69, 9.17) is 4.74 Å². The van der Waals surface area contributed by atoms with Crippen LogP contribution < -0.4 is 10.1 Å². The second kappa shape index (κ2) is 8.93. The highest BCUT2D eigenvalue weighted by molar-refractivity contribution is 5.70. The zero-order valence-electron chi connectivity index (χ0n) is 14.2. The smallest absolute Gasteiger partial charge is 0.414 e. The molecule has 0 radical (unpaired) electrons. The molecule has 0 bridgehead atoms. The molecule has 0 heterocycles. The number of phenols is 1. The van der Waals surface area contributed by atoms with Crippen LogP contribution in [-0.4, -0.2) is 36.2 Å². The van der Waals surface area contributed by atoms with Gasteiger partial charge in [-0.1, -0.05) is 30.3 Å². The lowest BCUT2D eigenvalue weighted by Gasteiger charge is -2.14. The van der Waals surface area contributed by atoms with Crippen molar-refractivity contribution in [1.29, 1.82) is 0 Å². The summed E-state index contributed by atoms with van der Waals surface area (Å²) in [5.74, 6) is 0.859. The van der Waals surface area contributed by atoms with Crippen LogP contribution in [0.2, 0.25) is 0 Å². The number of aromatic hydroxyl groups is 1. The molecular formula is C19H24N2O3. The van der Waals surface area contributed by atoms with E-state index in [0.29, 0.717) is 24.6 Å². The first-order valence-corrected chi connectivity index (χ1v) is 8.09. The van der Waals surface area contributed by atoms with Crippen LogP contribution >= 0.6 is 0 Å². The Bertz CT molecular complexity index is 673. The number of ether oxygens (including phenoxy) is 1. The summed E-state index contributed by atoms with van der Waals surface area (Å²) in [5, 5.41) is 13.0. The number of carbonyl (C=O) groups is 1. The van der Waals surface area contributed by atoms with Gasteiger partial charge in [0.05, 0.1) is 0 Å². The third-order valence-electron chi connectivity index (χ3n) is 3.79. The Kier molecular flexibility index (Phi) is 6.63. The van der Waals surface area contributed by atoms with Crippen LogP contribution in [0.15, 0.2) is 48.5 Å². The summed E-state index contributed by atoms with van der Waals surface area (Å²) < 4.78 is 5.33. The molecule has 0 saturated carbocycles. The molecule has 5 heteroatoms. The van der Waals surface area contributed by atoms with Gasteiger partial charge in [0, 0.05) is 25.7 Å². The summed E-state index contributed by atoms with van der Waals surface area (Å²) in [7, 11) is 1.70. The Hall–Kier alpha value is -2.53. The molecule has 0 saturated heterocycles. The molecule has 2 aromatic carbocycles. The molecule has 2 aromatic rings. The maximum Gasteiger partial charge on any atom is 0.414 e. The first-order valence-electron chi connectivity index (χ1n) is 8.09. The molecule has 2 rings (SSSR count). The lowest BCUT2D eigenvalue weighted by Crippen LogP contribution is -2.29. The maximum atomic E-state index is 11.8. The Morgan fingerprint density at radius 1 is 1.21 bits per heavy atom. The number of rotatable bonds is 7. The summed E-state index contributed by atoms with van der Waals surface area (Å²) in [6.07, 6.45) is 0.454. The quantitative estimate of drug-likeness (QED) is 0.766. The molecular weight excluding hydrogens is 304 g/mol. The highest BCUT2D eigenvalue weighted by atomic mass is 16.6. The molecule has 1 amide bonds. The van der Waals surface area contributed by atoms with Crippen molar-refractivity contribution in [2.24, 2.45) is 0 Å². The molecule has 0 aliphatic carbocycles. The highest BCUT2D eigenvalue weighted by Gasteiger charge is 2.09. The molecule has 0 unspecified atom stereocenters. The van der Waals surface area contributed by atoms with Gasteiger partial charge in [0.25, 0.3) is 0 Å². The first kappa shape index (κ1) is 17.8. The molecule has 0 aliphatic rings. The van der Waals surface area contributed by atoms with E-state index in [1.165, 1.54) is 4.90 Å². The van der Waals surface area contributed by atoms with Gasteiger partial charge in [-0.3, -0.25) is 0 Å². The topological polar surface area (TPSA) is 61.8 Å². The van der Waals surface area contributed by atoms with Gasteiger partial charge in [-0.2, -0.15) is 0 Å². The third-order valence-corrected chi connectivity index (χ3v) is 3.79. The number of carbonyl (C=O) groups excluding carboxylic acids is 1. The normalized spacial score (nSPS) is 10.4. The van der Waals surface area contributed by atoms with Gasteiger partial charge < -0.3 is 20.1 Å². The van der Waals surface area contributed by atoms with Crippen LogP contribution in [-0.2, 0) is 13.0 Å². The highest BCUT2D eigenvalue weighted by Crippen LogP contribution is 2.16. The number of hydrogen-bond acceptors (Lipinski definition) is 4. The summed E-state index contributed by atoms with van der Waals surface area (Å²) in [4.78, 5) is 13.3. The molecule has 0 fully saturated rings. The molecule has 0 spiro atoms. The van der Waals surface area contributed by atoms with Crippen molar-refractivity contribution < 1.29 is 14.6 Å². The van der Waals surface area contributed by atoms with E-state index in [9.17, 15) is 9.90 Å². The van der Waals surface area contributed by atoms with Gasteiger partial charge >= 0.3 is 6.09 Å². The maximum absolute atomic E-state index is 11.8. The number of nitrogens with one attached hydrogen (secondary N) is 1. The minimum absolute atomic E-state index is 0.305. The second-order valence-electron chi connectivity index (χ2n) is 5.59. The van der Waals surface area contributed by atoms with Crippen LogP contribution in [0.1, 0.15) is 18.1 Å². The Morgan fingerprint density at radius 3 is 2.75 bits per heavy atom. The third kappa shape index (κ3) is 5.28. The van der Waals surface area contributed by atoms with E-state index in [-0.39, 0.29) is 6.09 Å². The largest absolute Gasteiger partial charge is 0.508 e. The predicted molar refractivity (Wildman–Crippen MR) is 94.3 cm³/mol. The number of benzene rings is 2. The molecule has 0 aromatic heterocycles. The number of para-hydroxylation sites is 1. The summed E-state index contributed by atoms with van der Waals surface area (Å²) >= 11 is 0. The van der Waals surface area contributed by atoms with Crippen molar-refractivity contribution in [2.75, 3.05) is 20.1 Å². The van der Waals surface area contributed by atoms with Crippen molar-refractivity contribution >= 4 is 6.09 Å². The second-order valence-corrected chi connectivity index (χ2v) is 5.59. The Morgan fingerprint density at radius 2 is 2.00 bits per heavy atom. The minimum atomic E-state index is -0.354. The van der Waals surface area contributed by atoms with E-state index in [1.807, 2.05) is 43.3 Å². The van der Waals surface area contributed by atoms with Crippen molar-refractivity contribution in [3.8, 4) is 11.5 Å². The number of hydrogen-bond donors (Lipinski definition) is 2. The summed E-state index contributed by atoms with van der Waals surface area (Å²) in [6, 6.07) is 14.8. The van der Waals surface area contributed by atoms with Crippen molar-refractivity contribution in [1.82, 2.24) is 10.2 Å². The van der Waals surface area contributed by atoms with E-state index in [1.54, 1.807) is 19.2 Å². The summed E-state index contributed by atoms with van der Waals surface area (Å²) in [6.45, 7) is 3.88. The van der Waals surface area contributed by atoms with Gasteiger partial charge in [0.2, 0.25) is 0 Å². The van der Waals surface area contributed by atoms with E-state index >= 15 is 0 Å². The molecule has 128 valence electrons. The van der Waals surface area contributed by atoms with Crippen LogP contribution in [0.25, 0.3) is 0 Å². The van der Waals surface area contributed by atoms with Crippen molar-refractivity contribution in [2.45, 2.75) is 19.9 Å². The van der Waals surface area contributed by atoms with Crippen LogP contribution in [0.4, 0.5) is 4.79 Å². The molecule has 5 nitrogen and oxygen atoms in total. The standard InChI is InChI=1S/C19H24N2O3/c1-3-21(2)19(23)24-17-9-6-7-15(13-17)11-12-20-14-16-8-4-5-10-18(16)22/h4-10,13,20,22H,3,11-12,14H2,1-2H3. The number of phenolic OH excluding ortho intramolecular Hbond substituents is 1. The fourth-order valence-corrected chi connectivity index (χ4v) is 2.19. The summed E-state index contributed by atoms with van der Waals surface area (Å²) in [5.41, 5.74) is 1.96. The average molecular weight is 328 g/mol. The monoisotopic (exact) mass is 328 g/mol. The zero-order chi connectivity index (χ0) is 17.4. The van der Waals surface area contributed by atoms with E-state index in [2.05, 4.69) is 5.32 Å². The van der Waals surface area contributed by atoms with Crippen LogP contribution in [0.3, 0.4) is 0 Å². The SMILES string of the molecule is CCN(C)C(=O)Oc1cccc(CCNCc2ccccc2O)c1. The van der Waals surface area contributed by atoms with Gasteiger partial charge in [-0.05, 0) is 43.7 Å². The average Bonchev–Trinajstić information content (AvgIpc) is 2.59. The predicted octanol–water partition coefficient (Wildman–Crippen LogP) is 3.18. The fourth-order valence-electron chi connectivity index (χ4n) is 2.19. The zero-order valence-corrected chi connectivity index (χ0v) is 14.2. The number of nitrogens with zero attached hydrogens (tertiary/aromatic N) is 1. The van der Waals surface area contributed by atoms with Gasteiger partial charge in [-0.25, -0.2) is 4.79 Å². The lowest BCUT2D eigenvalue weighted by atomic mass is 10.1. The number of amides is 1. The van der Waals surface area contributed by atoms with Gasteiger partial charge in [-0.15, -0.1) is 0 Å². The van der Waals surface area contributed by atoms with E-state index < -0.39 is 0 Å². The minimum Gasteiger partial charge on any atom is -0.508 e. The Labute approximate surface area is 142 Å². The molecule has 24 heavy (non-hydrogen) atoms. The lowest BCUT2D eigenvalue weighted by molar-refractivity contribution is 0.165. The van der Waals surface area contributed by atoms with E-state index in [0.717, 1.165) is 24.1 Å². The van der Waals surface area contributed by atoms with Crippen molar-refractivity contribution in [3.63, 3.8) is 0 Å². The fraction of sp³-hybridized carbons (Fsp3) is 0.316. The van der Waals surface area contributed by atoms with Crippen LogP contribution in [0, 0.1) is 0 Å². The van der Waals surface area contributed by atoms with Crippen LogP contribution in [0.5, 0.6) is 11.5 Å². The molecule has 2 N–H and O–H groups in total. The first-order chi connectivity index (χ1) is 11.6. The van der Waals surface area contributed by atoms with Gasteiger partial charge in [0.15, 0.2) is 0 Å². The van der Waals surface area contributed by atoms with Crippen molar-refractivity contribution in [3.05, 3.63) is 59.7 Å². The Balaban J connectivity index is 1.82. The molecule has 0 aliphatic heterocycles. The van der Waals surface area contributed by atoms with Gasteiger partial charge in [0.1, 0.15) is 11.5 Å². The molecule has 0 atom stereocenters.